The van der Waals surface area contributed by atoms with Gasteiger partial charge in [-0.3, -0.25) is 9.59 Å². The molecule has 4 N–H and O–H groups in total. The molecule has 30 heavy (non-hydrogen) atoms. The van der Waals surface area contributed by atoms with E-state index in [2.05, 4.69) is 31.1 Å². The Balaban J connectivity index is 1.85. The van der Waals surface area contributed by atoms with Gasteiger partial charge in [0.1, 0.15) is 5.69 Å². The van der Waals surface area contributed by atoms with E-state index in [9.17, 15) is 18.0 Å². The largest absolute Gasteiger partial charge is 0.327 e. The van der Waals surface area contributed by atoms with Crippen LogP contribution in [0.5, 0.6) is 0 Å². The van der Waals surface area contributed by atoms with Gasteiger partial charge in [0.2, 0.25) is 10.0 Å². The smallest absolute Gasteiger partial charge is 0.271 e. The lowest BCUT2D eigenvalue weighted by atomic mass is 9.87. The van der Waals surface area contributed by atoms with E-state index in [1.54, 1.807) is 24.3 Å². The number of carbonyl (C=O) groups is 1. The Morgan fingerprint density at radius 1 is 0.967 bits per heavy atom. The van der Waals surface area contributed by atoms with Crippen LogP contribution in [0.2, 0.25) is 0 Å². The third-order valence-corrected chi connectivity index (χ3v) is 5.61. The minimum atomic E-state index is -3.79. The average Bonchev–Trinajstić information content (AvgIpc) is 2.68. The van der Waals surface area contributed by atoms with Gasteiger partial charge in [0.25, 0.3) is 11.5 Å². The van der Waals surface area contributed by atoms with Gasteiger partial charge in [0.15, 0.2) is 0 Å². The Hall–Kier alpha value is -3.23. The second-order valence-electron chi connectivity index (χ2n) is 7.98. The van der Waals surface area contributed by atoms with Gasteiger partial charge in [0.05, 0.1) is 4.90 Å². The number of nitrogens with one attached hydrogen (secondary N) is 2. The molecule has 156 valence electrons. The number of sulfonamides is 1. The fraction of sp³-hybridized carbons (Fsp3) is 0.182. The lowest BCUT2D eigenvalue weighted by Crippen LogP contribution is -2.20. The van der Waals surface area contributed by atoms with Gasteiger partial charge in [-0.05, 0) is 46.9 Å². The number of rotatable bonds is 4. The predicted octanol–water partition coefficient (Wildman–Crippen LogP) is 3.24. The molecular formula is C22H23N3O4S. The van der Waals surface area contributed by atoms with Crippen molar-refractivity contribution in [3.63, 3.8) is 0 Å². The third-order valence-electron chi connectivity index (χ3n) is 4.68. The number of H-pyrrole nitrogens is 1. The van der Waals surface area contributed by atoms with Crippen LogP contribution in [0.4, 0.5) is 5.69 Å². The molecule has 0 aliphatic carbocycles. The highest BCUT2D eigenvalue weighted by Crippen LogP contribution is 2.23. The molecule has 2 aromatic carbocycles. The molecule has 0 saturated carbocycles. The number of pyridine rings is 1. The van der Waals surface area contributed by atoms with E-state index >= 15 is 0 Å². The van der Waals surface area contributed by atoms with Gasteiger partial charge in [-0.2, -0.15) is 0 Å². The van der Waals surface area contributed by atoms with Crippen LogP contribution in [0.15, 0.2) is 70.5 Å². The van der Waals surface area contributed by atoms with Gasteiger partial charge in [-0.15, -0.1) is 0 Å². The van der Waals surface area contributed by atoms with Crippen LogP contribution in [0.3, 0.4) is 0 Å². The van der Waals surface area contributed by atoms with E-state index in [4.69, 9.17) is 5.14 Å². The van der Waals surface area contributed by atoms with Crippen molar-refractivity contribution in [3.8, 4) is 11.1 Å². The fourth-order valence-corrected chi connectivity index (χ4v) is 3.41. The summed E-state index contributed by atoms with van der Waals surface area (Å²) in [4.78, 5) is 27.3. The maximum atomic E-state index is 12.6. The van der Waals surface area contributed by atoms with Gasteiger partial charge in [-0.25, -0.2) is 13.6 Å². The molecule has 0 bridgehead atoms. The summed E-state index contributed by atoms with van der Waals surface area (Å²) in [6.07, 6.45) is 1.49. The number of anilines is 1. The monoisotopic (exact) mass is 425 g/mol. The molecule has 3 rings (SSSR count). The first kappa shape index (κ1) is 21.5. The molecule has 7 nitrogen and oxygen atoms in total. The zero-order valence-electron chi connectivity index (χ0n) is 16.9. The Morgan fingerprint density at radius 3 is 2.10 bits per heavy atom. The first-order valence-electron chi connectivity index (χ1n) is 9.23. The summed E-state index contributed by atoms with van der Waals surface area (Å²) in [5.74, 6) is -0.400. The lowest BCUT2D eigenvalue weighted by Gasteiger charge is -2.19. The predicted molar refractivity (Wildman–Crippen MR) is 117 cm³/mol. The van der Waals surface area contributed by atoms with Gasteiger partial charge in [-0.1, -0.05) is 45.0 Å². The van der Waals surface area contributed by atoms with Crippen molar-refractivity contribution in [2.24, 2.45) is 5.14 Å². The summed E-state index contributed by atoms with van der Waals surface area (Å²) < 4.78 is 22.8. The van der Waals surface area contributed by atoms with E-state index < -0.39 is 21.5 Å². The van der Waals surface area contributed by atoms with E-state index in [-0.39, 0.29) is 16.0 Å². The summed E-state index contributed by atoms with van der Waals surface area (Å²) in [6.45, 7) is 6.26. The van der Waals surface area contributed by atoms with E-state index in [1.165, 1.54) is 24.4 Å². The van der Waals surface area contributed by atoms with Crippen molar-refractivity contribution in [2.75, 3.05) is 5.32 Å². The van der Waals surface area contributed by atoms with E-state index in [1.807, 2.05) is 12.1 Å². The Kier molecular flexibility index (Phi) is 5.65. The minimum absolute atomic E-state index is 0.0112. The molecule has 1 aromatic heterocycles. The van der Waals surface area contributed by atoms with Crippen molar-refractivity contribution in [1.29, 1.82) is 0 Å². The summed E-state index contributed by atoms with van der Waals surface area (Å²) in [6, 6.07) is 14.7. The first-order valence-corrected chi connectivity index (χ1v) is 10.8. The third kappa shape index (κ3) is 4.84. The molecular weight excluding hydrogens is 402 g/mol. The van der Waals surface area contributed by atoms with Crippen LogP contribution in [0.25, 0.3) is 11.1 Å². The molecule has 1 heterocycles. The second-order valence-corrected chi connectivity index (χ2v) is 9.54. The van der Waals surface area contributed by atoms with Crippen molar-refractivity contribution in [3.05, 3.63) is 82.3 Å². The Labute approximate surface area is 175 Å². The Bertz CT molecular complexity index is 1240. The molecule has 3 aromatic rings. The zero-order valence-corrected chi connectivity index (χ0v) is 17.7. The van der Waals surface area contributed by atoms with Crippen LogP contribution >= 0.6 is 0 Å². The molecule has 0 unspecified atom stereocenters. The van der Waals surface area contributed by atoms with Crippen LogP contribution in [0, 0.1) is 0 Å². The van der Waals surface area contributed by atoms with Crippen LogP contribution in [-0.4, -0.2) is 19.3 Å². The van der Waals surface area contributed by atoms with Gasteiger partial charge < -0.3 is 10.3 Å². The standard InChI is InChI=1S/C22H23N3O4S/c1-22(2,3)17-8-4-15(5-9-17)20(26)25-19-12-16(13-24-21(19)27)14-6-10-18(11-7-14)30(23,28)29/h4-13H,1-3H3,(H,24,27)(H,25,26)(H2,23,28,29). The molecule has 0 saturated heterocycles. The van der Waals surface area contributed by atoms with Crippen molar-refractivity contribution >= 4 is 21.6 Å². The molecule has 0 fully saturated rings. The quantitative estimate of drug-likeness (QED) is 0.594. The van der Waals surface area contributed by atoms with Gasteiger partial charge in [0, 0.05) is 17.3 Å². The fourth-order valence-electron chi connectivity index (χ4n) is 2.90. The van der Waals surface area contributed by atoms with Crippen molar-refractivity contribution in [1.82, 2.24) is 4.98 Å². The highest BCUT2D eigenvalue weighted by Gasteiger charge is 2.15. The number of nitrogens with two attached hydrogens (primary N) is 1. The summed E-state index contributed by atoms with van der Waals surface area (Å²) >= 11 is 0. The van der Waals surface area contributed by atoms with Crippen LogP contribution in [0.1, 0.15) is 36.7 Å². The highest BCUT2D eigenvalue weighted by molar-refractivity contribution is 7.89. The SMILES string of the molecule is CC(C)(C)c1ccc(C(=O)Nc2cc(-c3ccc(S(N)(=O)=O)cc3)c[nH]c2=O)cc1. The lowest BCUT2D eigenvalue weighted by molar-refractivity contribution is 0.102. The summed E-state index contributed by atoms with van der Waals surface area (Å²) in [5.41, 5.74) is 2.41. The number of hydrogen-bond acceptors (Lipinski definition) is 4. The maximum Gasteiger partial charge on any atom is 0.271 e. The molecule has 0 spiro atoms. The second kappa shape index (κ2) is 7.89. The van der Waals surface area contributed by atoms with E-state index in [0.717, 1.165) is 5.56 Å². The first-order chi connectivity index (χ1) is 13.9. The summed E-state index contributed by atoms with van der Waals surface area (Å²) in [7, 11) is -3.79. The minimum Gasteiger partial charge on any atom is -0.327 e. The molecule has 8 heteroatoms. The molecule has 0 atom stereocenters. The molecule has 1 amide bonds. The van der Waals surface area contributed by atoms with Crippen molar-refractivity contribution < 1.29 is 13.2 Å². The maximum absolute atomic E-state index is 12.6. The number of aromatic amines is 1. The topological polar surface area (TPSA) is 122 Å². The zero-order chi connectivity index (χ0) is 22.1. The number of primary sulfonamides is 1. The van der Waals surface area contributed by atoms with E-state index in [0.29, 0.717) is 16.7 Å². The average molecular weight is 426 g/mol. The number of amides is 1. The Morgan fingerprint density at radius 2 is 1.57 bits per heavy atom. The molecule has 0 aliphatic heterocycles. The number of aromatic nitrogens is 1. The number of hydrogen-bond donors (Lipinski definition) is 3. The molecule has 0 aliphatic rings. The van der Waals surface area contributed by atoms with Crippen LogP contribution in [-0.2, 0) is 15.4 Å². The van der Waals surface area contributed by atoms with Crippen LogP contribution < -0.4 is 16.0 Å². The molecule has 0 radical (unpaired) electrons. The highest BCUT2D eigenvalue weighted by atomic mass is 32.2. The van der Waals surface area contributed by atoms with Gasteiger partial charge >= 0.3 is 0 Å². The number of carbonyl (C=O) groups excluding carboxylic acids is 1. The normalized spacial score (nSPS) is 11.9. The number of benzene rings is 2. The summed E-state index contributed by atoms with van der Waals surface area (Å²) in [5, 5.41) is 7.74. The van der Waals surface area contributed by atoms with Crippen molar-refractivity contribution in [2.45, 2.75) is 31.1 Å².